The van der Waals surface area contributed by atoms with Gasteiger partial charge in [-0.1, -0.05) is 0 Å². The van der Waals surface area contributed by atoms with Gasteiger partial charge in [-0.3, -0.25) is 4.68 Å². The number of sulfonamides is 1. The minimum Gasteiger partial charge on any atom is -0.256 e. The smallest absolute Gasteiger partial charge is 0.256 e. The Bertz CT molecular complexity index is 528. The van der Waals surface area contributed by atoms with E-state index in [2.05, 4.69) is 5.10 Å². The van der Waals surface area contributed by atoms with Gasteiger partial charge in [-0.2, -0.15) is 14.7 Å². The summed E-state index contributed by atoms with van der Waals surface area (Å²) in [5.41, 5.74) is 0. The topological polar surface area (TPSA) is 79.0 Å². The third kappa shape index (κ3) is 1.60. The highest BCUT2D eigenvalue weighted by atomic mass is 32.2. The summed E-state index contributed by atoms with van der Waals surface area (Å²) in [5.74, 6) is 0. The number of hydrogen-bond donors (Lipinski definition) is 0. The second-order valence-corrected chi connectivity index (χ2v) is 5.53. The van der Waals surface area contributed by atoms with Crippen LogP contribution in [0, 0.1) is 11.3 Å². The van der Waals surface area contributed by atoms with E-state index in [9.17, 15) is 8.42 Å². The maximum absolute atomic E-state index is 12.2. The van der Waals surface area contributed by atoms with Crippen LogP contribution in [0.5, 0.6) is 0 Å². The van der Waals surface area contributed by atoms with Gasteiger partial charge in [0.2, 0.25) is 0 Å². The molecule has 0 aliphatic carbocycles. The van der Waals surface area contributed by atoms with Gasteiger partial charge in [0.1, 0.15) is 6.04 Å². The summed E-state index contributed by atoms with van der Waals surface area (Å²) in [6, 6.07) is 2.92. The van der Waals surface area contributed by atoms with Crippen molar-refractivity contribution >= 4 is 10.0 Å². The fourth-order valence-electron chi connectivity index (χ4n) is 1.89. The highest BCUT2D eigenvalue weighted by molar-refractivity contribution is 7.89. The second kappa shape index (κ2) is 3.88. The molecule has 1 saturated heterocycles. The van der Waals surface area contributed by atoms with Crippen molar-refractivity contribution in [2.75, 3.05) is 6.54 Å². The lowest BCUT2D eigenvalue weighted by atomic mass is 10.2. The van der Waals surface area contributed by atoms with Crippen molar-refractivity contribution in [3.05, 3.63) is 12.3 Å². The summed E-state index contributed by atoms with van der Waals surface area (Å²) in [5, 5.41) is 12.9. The summed E-state index contributed by atoms with van der Waals surface area (Å²) in [4.78, 5) is 0. The van der Waals surface area contributed by atoms with Crippen molar-refractivity contribution in [2.24, 2.45) is 7.05 Å². The van der Waals surface area contributed by atoms with Gasteiger partial charge in [-0.15, -0.1) is 0 Å². The van der Waals surface area contributed by atoms with E-state index < -0.39 is 16.1 Å². The number of hydrogen-bond acceptors (Lipinski definition) is 4. The summed E-state index contributed by atoms with van der Waals surface area (Å²) in [7, 11) is -2.00. The van der Waals surface area contributed by atoms with Crippen LogP contribution in [0.15, 0.2) is 17.3 Å². The van der Waals surface area contributed by atoms with Gasteiger partial charge in [-0.05, 0) is 18.9 Å². The standard InChI is InChI=1S/C9H12N4O2S/c1-12-9(4-5-11-12)16(14,15)13-6-2-3-8(13)7-10/h4-5,8H,2-3,6H2,1H3. The highest BCUT2D eigenvalue weighted by Crippen LogP contribution is 2.24. The van der Waals surface area contributed by atoms with E-state index in [4.69, 9.17) is 5.26 Å². The van der Waals surface area contributed by atoms with Gasteiger partial charge in [-0.25, -0.2) is 8.42 Å². The summed E-state index contributed by atoms with van der Waals surface area (Å²) < 4.78 is 27.0. The summed E-state index contributed by atoms with van der Waals surface area (Å²) in [6.07, 6.45) is 2.77. The van der Waals surface area contributed by atoms with Crippen LogP contribution in [-0.2, 0) is 17.1 Å². The number of nitriles is 1. The minimum atomic E-state index is -3.58. The molecule has 0 spiro atoms. The lowest BCUT2D eigenvalue weighted by Gasteiger charge is -2.18. The van der Waals surface area contributed by atoms with E-state index in [1.807, 2.05) is 6.07 Å². The van der Waals surface area contributed by atoms with Gasteiger partial charge in [0.25, 0.3) is 10.0 Å². The molecule has 0 bridgehead atoms. The van der Waals surface area contributed by atoms with Crippen molar-refractivity contribution in [1.29, 1.82) is 5.26 Å². The lowest BCUT2D eigenvalue weighted by Crippen LogP contribution is -2.35. The Morgan fingerprint density at radius 3 is 2.94 bits per heavy atom. The predicted molar refractivity (Wildman–Crippen MR) is 55.7 cm³/mol. The molecule has 1 aliphatic heterocycles. The van der Waals surface area contributed by atoms with E-state index in [1.54, 1.807) is 7.05 Å². The fourth-order valence-corrected chi connectivity index (χ4v) is 3.60. The molecule has 1 unspecified atom stereocenters. The predicted octanol–water partition coefficient (Wildman–Crippen LogP) is 0.0968. The minimum absolute atomic E-state index is 0.134. The van der Waals surface area contributed by atoms with E-state index in [0.717, 1.165) is 6.42 Å². The Kier molecular flexibility index (Phi) is 2.69. The molecule has 0 aromatic carbocycles. The van der Waals surface area contributed by atoms with Gasteiger partial charge in [0.15, 0.2) is 5.03 Å². The largest absolute Gasteiger partial charge is 0.261 e. The molecule has 16 heavy (non-hydrogen) atoms. The Balaban J connectivity index is 2.41. The van der Waals surface area contributed by atoms with Crippen LogP contribution >= 0.6 is 0 Å². The zero-order valence-corrected chi connectivity index (χ0v) is 9.68. The molecule has 0 N–H and O–H groups in total. The molecule has 7 heteroatoms. The van der Waals surface area contributed by atoms with Crippen LogP contribution in [0.4, 0.5) is 0 Å². The van der Waals surface area contributed by atoms with Crippen molar-refractivity contribution in [2.45, 2.75) is 23.9 Å². The van der Waals surface area contributed by atoms with E-state index in [-0.39, 0.29) is 5.03 Å². The van der Waals surface area contributed by atoms with Crippen molar-refractivity contribution in [3.63, 3.8) is 0 Å². The molecule has 0 radical (unpaired) electrons. The van der Waals surface area contributed by atoms with Crippen LogP contribution < -0.4 is 0 Å². The van der Waals surface area contributed by atoms with Crippen LogP contribution in [-0.4, -0.2) is 35.1 Å². The summed E-state index contributed by atoms with van der Waals surface area (Å²) >= 11 is 0. The third-order valence-corrected chi connectivity index (χ3v) is 4.69. The first-order valence-electron chi connectivity index (χ1n) is 4.97. The van der Waals surface area contributed by atoms with Gasteiger partial charge < -0.3 is 0 Å². The highest BCUT2D eigenvalue weighted by Gasteiger charge is 2.36. The quantitative estimate of drug-likeness (QED) is 0.734. The van der Waals surface area contributed by atoms with Crippen LogP contribution in [0.25, 0.3) is 0 Å². The normalized spacial score (nSPS) is 22.1. The van der Waals surface area contributed by atoms with E-state index >= 15 is 0 Å². The maximum atomic E-state index is 12.2. The van der Waals surface area contributed by atoms with Gasteiger partial charge in [0.05, 0.1) is 12.3 Å². The molecule has 86 valence electrons. The second-order valence-electron chi connectivity index (χ2n) is 3.70. The Morgan fingerprint density at radius 2 is 2.38 bits per heavy atom. The Labute approximate surface area is 94.1 Å². The molecule has 0 amide bonds. The van der Waals surface area contributed by atoms with Crippen molar-refractivity contribution in [1.82, 2.24) is 14.1 Å². The van der Waals surface area contributed by atoms with Crippen LogP contribution in [0.2, 0.25) is 0 Å². The maximum Gasteiger partial charge on any atom is 0.261 e. The average Bonchev–Trinajstić information content (AvgIpc) is 2.85. The average molecular weight is 240 g/mol. The Hall–Kier alpha value is -1.39. The number of nitrogens with zero attached hydrogens (tertiary/aromatic N) is 4. The van der Waals surface area contributed by atoms with Crippen molar-refractivity contribution in [3.8, 4) is 6.07 Å². The molecular weight excluding hydrogens is 228 g/mol. The molecule has 1 fully saturated rings. The van der Waals surface area contributed by atoms with Crippen LogP contribution in [0.1, 0.15) is 12.8 Å². The first kappa shape index (κ1) is 11.1. The fraction of sp³-hybridized carbons (Fsp3) is 0.556. The summed E-state index contributed by atoms with van der Waals surface area (Å²) in [6.45, 7) is 0.408. The molecule has 1 atom stereocenters. The molecule has 1 aromatic rings. The van der Waals surface area contributed by atoms with E-state index in [1.165, 1.54) is 21.3 Å². The van der Waals surface area contributed by atoms with E-state index in [0.29, 0.717) is 13.0 Å². The number of aromatic nitrogens is 2. The molecule has 0 saturated carbocycles. The Morgan fingerprint density at radius 1 is 1.62 bits per heavy atom. The first-order chi connectivity index (χ1) is 7.57. The van der Waals surface area contributed by atoms with Gasteiger partial charge in [0, 0.05) is 13.6 Å². The van der Waals surface area contributed by atoms with Crippen molar-refractivity contribution < 1.29 is 8.42 Å². The lowest BCUT2D eigenvalue weighted by molar-refractivity contribution is 0.430. The van der Waals surface area contributed by atoms with Crippen LogP contribution in [0.3, 0.4) is 0 Å². The molecule has 1 aromatic heterocycles. The van der Waals surface area contributed by atoms with Gasteiger partial charge >= 0.3 is 0 Å². The molecule has 2 rings (SSSR count). The number of aryl methyl sites for hydroxylation is 1. The number of rotatable bonds is 2. The SMILES string of the molecule is Cn1nccc1S(=O)(=O)N1CCCC1C#N. The zero-order valence-electron chi connectivity index (χ0n) is 8.87. The molecular formula is C9H12N4O2S. The molecule has 6 nitrogen and oxygen atoms in total. The zero-order chi connectivity index (χ0) is 11.8. The monoisotopic (exact) mass is 240 g/mol. The molecule has 1 aliphatic rings. The molecule has 2 heterocycles. The third-order valence-electron chi connectivity index (χ3n) is 2.70. The first-order valence-corrected chi connectivity index (χ1v) is 6.41.